The lowest BCUT2D eigenvalue weighted by atomic mass is 9.86. The van der Waals surface area contributed by atoms with E-state index in [-0.39, 0.29) is 5.41 Å². The van der Waals surface area contributed by atoms with Crippen LogP contribution in [0, 0.1) is 5.92 Å². The van der Waals surface area contributed by atoms with Crippen LogP contribution in [0.1, 0.15) is 33.3 Å². The van der Waals surface area contributed by atoms with Crippen LogP contribution in [0.4, 0.5) is 0 Å². The molecule has 1 aromatic rings. The fourth-order valence-electron chi connectivity index (χ4n) is 1.63. The minimum atomic E-state index is 0.0358. The van der Waals surface area contributed by atoms with E-state index < -0.39 is 0 Å². The zero-order valence-corrected chi connectivity index (χ0v) is 12.9. The number of hydrogen-bond donors (Lipinski definition) is 1. The van der Waals surface area contributed by atoms with E-state index in [1.54, 1.807) is 7.11 Å². The van der Waals surface area contributed by atoms with Crippen LogP contribution in [0.15, 0.2) is 18.2 Å². The molecule has 1 rings (SSSR count). The van der Waals surface area contributed by atoms with Gasteiger partial charge in [0.1, 0.15) is 11.5 Å². The van der Waals surface area contributed by atoms with E-state index in [0.29, 0.717) is 12.5 Å². The highest BCUT2D eigenvalue weighted by atomic mass is 32.1. The molecule has 0 saturated carbocycles. The van der Waals surface area contributed by atoms with Crippen molar-refractivity contribution in [3.05, 3.63) is 23.8 Å². The van der Waals surface area contributed by atoms with Crippen LogP contribution in [0.25, 0.3) is 0 Å². The summed E-state index contributed by atoms with van der Waals surface area (Å²) >= 11 is 4.28. The first kappa shape index (κ1) is 15.2. The minimum absolute atomic E-state index is 0.0358. The Hall–Kier alpha value is -0.830. The summed E-state index contributed by atoms with van der Waals surface area (Å²) in [7, 11) is 1.69. The molecule has 0 heterocycles. The van der Waals surface area contributed by atoms with Crippen molar-refractivity contribution in [1.82, 2.24) is 0 Å². The summed E-state index contributed by atoms with van der Waals surface area (Å²) in [6.07, 6.45) is 0. The zero-order chi connectivity index (χ0) is 13.8. The molecular formula is C15H24O2S. The summed E-state index contributed by atoms with van der Waals surface area (Å²) in [5, 5.41) is 0. The summed E-state index contributed by atoms with van der Waals surface area (Å²) < 4.78 is 11.2. The Balaban J connectivity index is 2.96. The molecule has 1 unspecified atom stereocenters. The van der Waals surface area contributed by atoms with Crippen LogP contribution in [0.2, 0.25) is 0 Å². The highest BCUT2D eigenvalue weighted by Crippen LogP contribution is 2.34. The third kappa shape index (κ3) is 4.13. The van der Waals surface area contributed by atoms with Gasteiger partial charge in [0.15, 0.2) is 0 Å². The molecule has 0 aliphatic rings. The minimum Gasteiger partial charge on any atom is -0.497 e. The topological polar surface area (TPSA) is 18.5 Å². The first-order valence-electron chi connectivity index (χ1n) is 6.30. The highest BCUT2D eigenvalue weighted by molar-refractivity contribution is 7.80. The molecule has 0 amide bonds. The summed E-state index contributed by atoms with van der Waals surface area (Å²) in [5.41, 5.74) is 1.21. The van der Waals surface area contributed by atoms with E-state index >= 15 is 0 Å². The van der Waals surface area contributed by atoms with E-state index in [1.165, 1.54) is 5.56 Å². The third-order valence-electron chi connectivity index (χ3n) is 2.83. The van der Waals surface area contributed by atoms with Crippen LogP contribution in [-0.2, 0) is 5.41 Å². The molecule has 0 saturated heterocycles. The largest absolute Gasteiger partial charge is 0.497 e. The normalized spacial score (nSPS) is 13.2. The lowest BCUT2D eigenvalue weighted by molar-refractivity contribution is 0.266. The molecule has 0 fully saturated rings. The average Bonchev–Trinajstić information content (AvgIpc) is 2.34. The van der Waals surface area contributed by atoms with Crippen molar-refractivity contribution in [2.45, 2.75) is 33.1 Å². The summed E-state index contributed by atoms with van der Waals surface area (Å²) in [6, 6.07) is 5.99. The molecule has 18 heavy (non-hydrogen) atoms. The Morgan fingerprint density at radius 1 is 1.28 bits per heavy atom. The summed E-state index contributed by atoms with van der Waals surface area (Å²) in [6.45, 7) is 9.36. The van der Waals surface area contributed by atoms with Gasteiger partial charge in [-0.05, 0) is 35.3 Å². The maximum Gasteiger partial charge on any atom is 0.123 e. The highest BCUT2D eigenvalue weighted by Gasteiger charge is 2.20. The molecule has 2 nitrogen and oxygen atoms in total. The van der Waals surface area contributed by atoms with Gasteiger partial charge < -0.3 is 9.47 Å². The maximum absolute atomic E-state index is 5.91. The smallest absolute Gasteiger partial charge is 0.123 e. The number of hydrogen-bond acceptors (Lipinski definition) is 3. The molecule has 0 aliphatic heterocycles. The Morgan fingerprint density at radius 2 is 1.94 bits per heavy atom. The van der Waals surface area contributed by atoms with Gasteiger partial charge in [0.2, 0.25) is 0 Å². The summed E-state index contributed by atoms with van der Waals surface area (Å²) in [4.78, 5) is 0. The Morgan fingerprint density at radius 3 is 2.44 bits per heavy atom. The number of rotatable bonds is 5. The molecule has 0 spiro atoms. The van der Waals surface area contributed by atoms with E-state index in [2.05, 4.69) is 46.4 Å². The van der Waals surface area contributed by atoms with Gasteiger partial charge in [-0.2, -0.15) is 12.6 Å². The first-order chi connectivity index (χ1) is 8.38. The van der Waals surface area contributed by atoms with Crippen molar-refractivity contribution < 1.29 is 9.47 Å². The monoisotopic (exact) mass is 268 g/mol. The summed E-state index contributed by atoms with van der Waals surface area (Å²) in [5.74, 6) is 3.09. The standard InChI is InChI=1S/C15H24O2S/c1-11(10-18)9-17-14-7-6-12(16-5)8-13(14)15(2,3)4/h6-8,11,18H,9-10H2,1-5H3. The predicted octanol–water partition coefficient (Wildman–Crippen LogP) is 3.94. The molecule has 1 aromatic carbocycles. The Kier molecular flexibility index (Phi) is 5.39. The second kappa shape index (κ2) is 6.37. The molecule has 0 aliphatic carbocycles. The fraction of sp³-hybridized carbons (Fsp3) is 0.600. The first-order valence-corrected chi connectivity index (χ1v) is 6.94. The van der Waals surface area contributed by atoms with Gasteiger partial charge in [-0.25, -0.2) is 0 Å². The van der Waals surface area contributed by atoms with Crippen LogP contribution in [0.3, 0.4) is 0 Å². The molecule has 102 valence electrons. The molecular weight excluding hydrogens is 244 g/mol. The van der Waals surface area contributed by atoms with Crippen molar-refractivity contribution in [3.8, 4) is 11.5 Å². The van der Waals surface area contributed by atoms with Crippen molar-refractivity contribution in [1.29, 1.82) is 0 Å². The van der Waals surface area contributed by atoms with Gasteiger partial charge >= 0.3 is 0 Å². The van der Waals surface area contributed by atoms with Gasteiger partial charge in [-0.1, -0.05) is 27.7 Å². The maximum atomic E-state index is 5.91. The number of methoxy groups -OCH3 is 1. The van der Waals surface area contributed by atoms with Gasteiger partial charge in [0, 0.05) is 5.56 Å². The molecule has 1 atom stereocenters. The fourth-order valence-corrected chi connectivity index (χ4v) is 1.74. The number of thiol groups is 1. The molecule has 0 N–H and O–H groups in total. The van der Waals surface area contributed by atoms with Gasteiger partial charge in [-0.3, -0.25) is 0 Å². The van der Waals surface area contributed by atoms with Crippen LogP contribution in [0.5, 0.6) is 11.5 Å². The predicted molar refractivity (Wildman–Crippen MR) is 80.2 cm³/mol. The van der Waals surface area contributed by atoms with Gasteiger partial charge in [-0.15, -0.1) is 0 Å². The SMILES string of the molecule is COc1ccc(OCC(C)CS)c(C(C)(C)C)c1. The van der Waals surface area contributed by atoms with Crippen molar-refractivity contribution in [2.24, 2.45) is 5.92 Å². The van der Waals surface area contributed by atoms with Crippen molar-refractivity contribution in [2.75, 3.05) is 19.5 Å². The lowest BCUT2D eigenvalue weighted by Crippen LogP contribution is -2.16. The van der Waals surface area contributed by atoms with Crippen molar-refractivity contribution in [3.63, 3.8) is 0 Å². The van der Waals surface area contributed by atoms with E-state index in [9.17, 15) is 0 Å². The Labute approximate surface area is 116 Å². The van der Waals surface area contributed by atoms with Crippen LogP contribution in [-0.4, -0.2) is 19.5 Å². The quantitative estimate of drug-likeness (QED) is 0.815. The van der Waals surface area contributed by atoms with Crippen LogP contribution >= 0.6 is 12.6 Å². The van der Waals surface area contributed by atoms with Crippen molar-refractivity contribution >= 4 is 12.6 Å². The molecule has 0 bridgehead atoms. The zero-order valence-electron chi connectivity index (χ0n) is 12.0. The van der Waals surface area contributed by atoms with E-state index in [0.717, 1.165) is 17.3 Å². The third-order valence-corrected chi connectivity index (χ3v) is 3.45. The average molecular weight is 268 g/mol. The Bertz CT molecular complexity index is 383. The molecule has 0 aromatic heterocycles. The van der Waals surface area contributed by atoms with Gasteiger partial charge in [0.05, 0.1) is 13.7 Å². The number of ether oxygens (including phenoxy) is 2. The van der Waals surface area contributed by atoms with Crippen LogP contribution < -0.4 is 9.47 Å². The molecule has 3 heteroatoms. The van der Waals surface area contributed by atoms with E-state index in [4.69, 9.17) is 9.47 Å². The van der Waals surface area contributed by atoms with E-state index in [1.807, 2.05) is 12.1 Å². The second-order valence-electron chi connectivity index (χ2n) is 5.71. The van der Waals surface area contributed by atoms with Gasteiger partial charge in [0.25, 0.3) is 0 Å². The lowest BCUT2D eigenvalue weighted by Gasteiger charge is -2.24. The molecule has 0 radical (unpaired) electrons. The number of benzene rings is 1. The second-order valence-corrected chi connectivity index (χ2v) is 6.08.